The van der Waals surface area contributed by atoms with Gasteiger partial charge in [0.25, 0.3) is 0 Å². The lowest BCUT2D eigenvalue weighted by molar-refractivity contribution is 0.0615. The van der Waals surface area contributed by atoms with Gasteiger partial charge in [0.15, 0.2) is 0 Å². The van der Waals surface area contributed by atoms with Crippen molar-refractivity contribution in [2.45, 2.75) is 65.0 Å². The maximum Gasteiger partial charge on any atom is 0.0757 e. The van der Waals surface area contributed by atoms with E-state index in [2.05, 4.69) is 64.2 Å². The second-order valence-corrected chi connectivity index (χ2v) is 7.42. The number of hydrogen-bond donors (Lipinski definition) is 1. The minimum absolute atomic E-state index is 0.225. The zero-order chi connectivity index (χ0) is 15.5. The van der Waals surface area contributed by atoms with Gasteiger partial charge in [-0.05, 0) is 41.8 Å². The van der Waals surface area contributed by atoms with Crippen molar-refractivity contribution in [3.63, 3.8) is 0 Å². The van der Waals surface area contributed by atoms with Gasteiger partial charge in [-0.15, -0.1) is 0 Å². The zero-order valence-corrected chi connectivity index (χ0v) is 14.3. The third-order valence-electron chi connectivity index (χ3n) is 4.58. The molecular weight excluding hydrogens is 258 g/mol. The molecule has 0 aromatic heterocycles. The summed E-state index contributed by atoms with van der Waals surface area (Å²) in [7, 11) is 0. The lowest BCUT2D eigenvalue weighted by atomic mass is 9.86. The summed E-state index contributed by atoms with van der Waals surface area (Å²) in [5.41, 5.74) is 3.02. The molecule has 1 N–H and O–H groups in total. The molecule has 0 aliphatic carbocycles. The molecule has 0 bridgehead atoms. The van der Waals surface area contributed by atoms with Crippen LogP contribution >= 0.6 is 0 Å². The van der Waals surface area contributed by atoms with E-state index in [4.69, 9.17) is 4.74 Å². The summed E-state index contributed by atoms with van der Waals surface area (Å²) in [6.07, 6.45) is 2.59. The third-order valence-corrected chi connectivity index (χ3v) is 4.58. The average Bonchev–Trinajstić information content (AvgIpc) is 2.84. The van der Waals surface area contributed by atoms with Crippen molar-refractivity contribution >= 4 is 0 Å². The monoisotopic (exact) mass is 289 g/mol. The Hall–Kier alpha value is -0.860. The van der Waals surface area contributed by atoms with Crippen molar-refractivity contribution in [3.05, 3.63) is 35.4 Å². The molecule has 3 atom stereocenters. The summed E-state index contributed by atoms with van der Waals surface area (Å²) in [6.45, 7) is 13.2. The first-order valence-corrected chi connectivity index (χ1v) is 8.36. The Balaban J connectivity index is 2.06. The number of ether oxygens (including phenoxy) is 1. The van der Waals surface area contributed by atoms with Gasteiger partial charge in [0, 0.05) is 12.6 Å². The highest BCUT2D eigenvalue weighted by atomic mass is 16.5. The standard InChI is InChI=1S/C19H31NO/c1-6-20-17(18-14(2)11-12-21-18)13-15-7-9-16(10-8-15)19(3,4)5/h7-10,14,17-18,20H,6,11-13H2,1-5H3. The highest BCUT2D eigenvalue weighted by Crippen LogP contribution is 2.26. The molecule has 118 valence electrons. The predicted octanol–water partition coefficient (Wildman–Crippen LogP) is 3.93. The molecule has 3 unspecified atom stereocenters. The zero-order valence-electron chi connectivity index (χ0n) is 14.3. The lowest BCUT2D eigenvalue weighted by Gasteiger charge is -2.27. The summed E-state index contributed by atoms with van der Waals surface area (Å²) in [5.74, 6) is 0.655. The molecule has 1 aromatic carbocycles. The molecule has 1 aromatic rings. The molecule has 1 saturated heterocycles. The van der Waals surface area contributed by atoms with Crippen molar-refractivity contribution in [3.8, 4) is 0 Å². The Morgan fingerprint density at radius 2 is 1.90 bits per heavy atom. The lowest BCUT2D eigenvalue weighted by Crippen LogP contribution is -2.43. The molecule has 1 fully saturated rings. The van der Waals surface area contributed by atoms with Gasteiger partial charge in [0.1, 0.15) is 0 Å². The van der Waals surface area contributed by atoms with Crippen LogP contribution in [0, 0.1) is 5.92 Å². The van der Waals surface area contributed by atoms with Crippen molar-refractivity contribution in [1.29, 1.82) is 0 Å². The molecular formula is C19H31NO. The Morgan fingerprint density at radius 3 is 2.38 bits per heavy atom. The van der Waals surface area contributed by atoms with Crippen molar-refractivity contribution in [1.82, 2.24) is 5.32 Å². The first kappa shape index (κ1) is 16.5. The highest BCUT2D eigenvalue weighted by Gasteiger charge is 2.31. The van der Waals surface area contributed by atoms with E-state index in [1.54, 1.807) is 0 Å². The van der Waals surface area contributed by atoms with E-state index < -0.39 is 0 Å². The van der Waals surface area contributed by atoms with E-state index in [0.29, 0.717) is 18.1 Å². The first-order valence-electron chi connectivity index (χ1n) is 8.36. The summed E-state index contributed by atoms with van der Waals surface area (Å²) in [6, 6.07) is 9.54. The van der Waals surface area contributed by atoms with Gasteiger partial charge in [-0.25, -0.2) is 0 Å². The second kappa shape index (κ2) is 6.93. The Morgan fingerprint density at radius 1 is 1.24 bits per heavy atom. The van der Waals surface area contributed by atoms with E-state index in [0.717, 1.165) is 19.6 Å². The minimum atomic E-state index is 0.225. The van der Waals surface area contributed by atoms with Gasteiger partial charge >= 0.3 is 0 Å². The van der Waals surface area contributed by atoms with Crippen LogP contribution in [0.15, 0.2) is 24.3 Å². The average molecular weight is 289 g/mol. The van der Waals surface area contributed by atoms with Crippen LogP contribution in [-0.2, 0) is 16.6 Å². The molecule has 21 heavy (non-hydrogen) atoms. The molecule has 1 aliphatic heterocycles. The minimum Gasteiger partial charge on any atom is -0.376 e. The molecule has 2 nitrogen and oxygen atoms in total. The van der Waals surface area contributed by atoms with Gasteiger partial charge in [-0.3, -0.25) is 0 Å². The third kappa shape index (κ3) is 4.31. The van der Waals surface area contributed by atoms with Crippen LogP contribution in [-0.4, -0.2) is 25.3 Å². The Bertz CT molecular complexity index is 432. The maximum absolute atomic E-state index is 5.97. The molecule has 0 amide bonds. The van der Waals surface area contributed by atoms with Crippen LogP contribution in [0.1, 0.15) is 52.2 Å². The smallest absolute Gasteiger partial charge is 0.0757 e. The SMILES string of the molecule is CCNC(Cc1ccc(C(C)(C)C)cc1)C1OCCC1C. The number of nitrogens with one attached hydrogen (secondary N) is 1. The summed E-state index contributed by atoms with van der Waals surface area (Å²) >= 11 is 0. The van der Waals surface area contributed by atoms with Crippen molar-refractivity contribution in [2.75, 3.05) is 13.2 Å². The quantitative estimate of drug-likeness (QED) is 0.887. The number of benzene rings is 1. The van der Waals surface area contributed by atoms with E-state index in [9.17, 15) is 0 Å². The fourth-order valence-corrected chi connectivity index (χ4v) is 3.19. The van der Waals surface area contributed by atoms with Crippen LogP contribution < -0.4 is 5.32 Å². The number of likely N-dealkylation sites (N-methyl/N-ethyl adjacent to an activating group) is 1. The number of rotatable bonds is 5. The van der Waals surface area contributed by atoms with Crippen LogP contribution in [0.5, 0.6) is 0 Å². The van der Waals surface area contributed by atoms with E-state index in [-0.39, 0.29) is 5.41 Å². The molecule has 0 radical (unpaired) electrons. The van der Waals surface area contributed by atoms with E-state index in [1.165, 1.54) is 17.5 Å². The molecule has 0 spiro atoms. The first-order chi connectivity index (χ1) is 9.91. The van der Waals surface area contributed by atoms with Crippen LogP contribution in [0.2, 0.25) is 0 Å². The van der Waals surface area contributed by atoms with Crippen molar-refractivity contribution in [2.24, 2.45) is 5.92 Å². The van der Waals surface area contributed by atoms with Gasteiger partial charge in [0.05, 0.1) is 6.10 Å². The summed E-state index contributed by atoms with van der Waals surface area (Å²) in [5, 5.41) is 3.62. The topological polar surface area (TPSA) is 21.3 Å². The maximum atomic E-state index is 5.97. The highest BCUT2D eigenvalue weighted by molar-refractivity contribution is 5.28. The second-order valence-electron chi connectivity index (χ2n) is 7.42. The van der Waals surface area contributed by atoms with Gasteiger partial charge in [-0.2, -0.15) is 0 Å². The van der Waals surface area contributed by atoms with Crippen LogP contribution in [0.3, 0.4) is 0 Å². The molecule has 2 rings (SSSR count). The largest absolute Gasteiger partial charge is 0.376 e. The van der Waals surface area contributed by atoms with Crippen molar-refractivity contribution < 1.29 is 4.74 Å². The normalized spacial score (nSPS) is 24.2. The fraction of sp³-hybridized carbons (Fsp3) is 0.684. The Labute approximate surface area is 130 Å². The number of hydrogen-bond acceptors (Lipinski definition) is 2. The summed E-state index contributed by atoms with van der Waals surface area (Å²) in [4.78, 5) is 0. The predicted molar refractivity (Wildman–Crippen MR) is 89.8 cm³/mol. The summed E-state index contributed by atoms with van der Waals surface area (Å²) < 4.78 is 5.97. The van der Waals surface area contributed by atoms with Gasteiger partial charge in [0.2, 0.25) is 0 Å². The molecule has 1 aliphatic rings. The Kier molecular flexibility index (Phi) is 5.45. The van der Waals surface area contributed by atoms with Crippen LogP contribution in [0.25, 0.3) is 0 Å². The van der Waals surface area contributed by atoms with Crippen LogP contribution in [0.4, 0.5) is 0 Å². The molecule has 1 heterocycles. The van der Waals surface area contributed by atoms with E-state index in [1.807, 2.05) is 0 Å². The molecule has 0 saturated carbocycles. The molecule has 2 heteroatoms. The van der Waals surface area contributed by atoms with Gasteiger partial charge < -0.3 is 10.1 Å². The van der Waals surface area contributed by atoms with Gasteiger partial charge in [-0.1, -0.05) is 58.9 Å². The van der Waals surface area contributed by atoms with E-state index >= 15 is 0 Å². The fourth-order valence-electron chi connectivity index (χ4n) is 3.19.